The van der Waals surface area contributed by atoms with E-state index in [1.807, 2.05) is 12.1 Å². The smallest absolute Gasteiger partial charge is 0.134 e. The first-order valence-corrected chi connectivity index (χ1v) is 5.96. The number of benzene rings is 1. The zero-order valence-corrected chi connectivity index (χ0v) is 9.45. The first-order valence-electron chi connectivity index (χ1n) is 4.54. The number of alkyl halides is 1. The summed E-state index contributed by atoms with van der Waals surface area (Å²) in [6.45, 7) is 2.12. The lowest BCUT2D eigenvalue weighted by molar-refractivity contribution is 0.483. The molecule has 0 amide bonds. The SMILES string of the molecule is CCc1ccc2c(O)csc2c1CCl. The van der Waals surface area contributed by atoms with Crippen molar-refractivity contribution < 1.29 is 5.11 Å². The zero-order valence-electron chi connectivity index (χ0n) is 7.88. The summed E-state index contributed by atoms with van der Waals surface area (Å²) in [6.07, 6.45) is 0.983. The van der Waals surface area contributed by atoms with Crippen LogP contribution in [0.2, 0.25) is 0 Å². The van der Waals surface area contributed by atoms with Gasteiger partial charge in [0.15, 0.2) is 0 Å². The normalized spacial score (nSPS) is 11.0. The van der Waals surface area contributed by atoms with Crippen LogP contribution in [0.3, 0.4) is 0 Å². The van der Waals surface area contributed by atoms with E-state index >= 15 is 0 Å². The van der Waals surface area contributed by atoms with Crippen molar-refractivity contribution in [2.75, 3.05) is 0 Å². The lowest BCUT2D eigenvalue weighted by atomic mass is 10.0. The maximum atomic E-state index is 9.56. The van der Waals surface area contributed by atoms with E-state index in [4.69, 9.17) is 11.6 Å². The molecule has 0 bridgehead atoms. The molecule has 3 heteroatoms. The van der Waals surface area contributed by atoms with Gasteiger partial charge in [-0.2, -0.15) is 0 Å². The van der Waals surface area contributed by atoms with Crippen molar-refractivity contribution in [3.63, 3.8) is 0 Å². The monoisotopic (exact) mass is 226 g/mol. The van der Waals surface area contributed by atoms with Crippen molar-refractivity contribution in [2.45, 2.75) is 19.2 Å². The third-order valence-electron chi connectivity index (χ3n) is 2.44. The molecular formula is C11H11ClOS. The summed E-state index contributed by atoms with van der Waals surface area (Å²) in [4.78, 5) is 0. The van der Waals surface area contributed by atoms with Crippen LogP contribution in [0, 0.1) is 0 Å². The highest BCUT2D eigenvalue weighted by atomic mass is 35.5. The molecule has 0 aliphatic heterocycles. The molecule has 0 saturated carbocycles. The van der Waals surface area contributed by atoms with Crippen LogP contribution in [-0.2, 0) is 12.3 Å². The molecule has 1 N–H and O–H groups in total. The van der Waals surface area contributed by atoms with Gasteiger partial charge in [-0.1, -0.05) is 13.0 Å². The van der Waals surface area contributed by atoms with Gasteiger partial charge in [0.1, 0.15) is 5.75 Å². The Hall–Kier alpha value is -0.730. The summed E-state index contributed by atoms with van der Waals surface area (Å²) >= 11 is 7.48. The van der Waals surface area contributed by atoms with Crippen molar-refractivity contribution >= 4 is 33.0 Å². The number of aryl methyl sites for hydroxylation is 1. The van der Waals surface area contributed by atoms with Crippen molar-refractivity contribution in [3.8, 4) is 5.75 Å². The summed E-state index contributed by atoms with van der Waals surface area (Å²) in [7, 11) is 0. The fraction of sp³-hybridized carbons (Fsp3) is 0.273. The summed E-state index contributed by atoms with van der Waals surface area (Å²) in [6, 6.07) is 4.02. The Kier molecular flexibility index (Phi) is 2.66. The van der Waals surface area contributed by atoms with E-state index in [1.54, 1.807) is 16.7 Å². The highest BCUT2D eigenvalue weighted by Crippen LogP contribution is 2.35. The van der Waals surface area contributed by atoms with Gasteiger partial charge in [0.2, 0.25) is 0 Å². The predicted octanol–water partition coefficient (Wildman–Crippen LogP) is 3.91. The molecule has 2 rings (SSSR count). The van der Waals surface area contributed by atoms with Crippen LogP contribution in [0.4, 0.5) is 0 Å². The van der Waals surface area contributed by atoms with E-state index in [0.29, 0.717) is 11.6 Å². The van der Waals surface area contributed by atoms with Crippen molar-refractivity contribution in [1.29, 1.82) is 0 Å². The minimum atomic E-state index is 0.360. The molecule has 0 radical (unpaired) electrons. The van der Waals surface area contributed by atoms with Gasteiger partial charge in [0.05, 0.1) is 0 Å². The lowest BCUT2D eigenvalue weighted by Crippen LogP contribution is -1.88. The van der Waals surface area contributed by atoms with Gasteiger partial charge in [0, 0.05) is 21.3 Å². The highest BCUT2D eigenvalue weighted by molar-refractivity contribution is 7.17. The lowest BCUT2D eigenvalue weighted by Gasteiger charge is -2.05. The largest absolute Gasteiger partial charge is 0.506 e. The standard InChI is InChI=1S/C11H11ClOS/c1-2-7-3-4-8-10(13)6-14-11(8)9(7)5-12/h3-4,6,13H,2,5H2,1H3. The van der Waals surface area contributed by atoms with E-state index in [9.17, 15) is 5.11 Å². The molecule has 1 nitrogen and oxygen atoms in total. The minimum absolute atomic E-state index is 0.360. The Balaban J connectivity index is 2.77. The van der Waals surface area contributed by atoms with E-state index in [2.05, 4.69) is 6.92 Å². The molecule has 0 unspecified atom stereocenters. The average molecular weight is 227 g/mol. The Bertz CT molecular complexity index is 462. The van der Waals surface area contributed by atoms with Crippen molar-refractivity contribution in [2.24, 2.45) is 0 Å². The molecule has 0 spiro atoms. The first-order chi connectivity index (χ1) is 6.77. The molecule has 14 heavy (non-hydrogen) atoms. The van der Waals surface area contributed by atoms with Gasteiger partial charge in [-0.3, -0.25) is 0 Å². The summed E-state index contributed by atoms with van der Waals surface area (Å²) in [5.41, 5.74) is 2.44. The third-order valence-corrected chi connectivity index (χ3v) is 3.75. The van der Waals surface area contributed by atoms with E-state index < -0.39 is 0 Å². The van der Waals surface area contributed by atoms with E-state index in [1.165, 1.54) is 5.56 Å². The second-order valence-electron chi connectivity index (χ2n) is 3.19. The van der Waals surface area contributed by atoms with Gasteiger partial charge in [-0.15, -0.1) is 22.9 Å². The van der Waals surface area contributed by atoms with Crippen LogP contribution < -0.4 is 0 Å². The van der Waals surface area contributed by atoms with Crippen molar-refractivity contribution in [3.05, 3.63) is 28.6 Å². The quantitative estimate of drug-likeness (QED) is 0.770. The maximum Gasteiger partial charge on any atom is 0.134 e. The van der Waals surface area contributed by atoms with Gasteiger partial charge >= 0.3 is 0 Å². The molecule has 0 fully saturated rings. The average Bonchev–Trinajstić information content (AvgIpc) is 2.59. The Morgan fingerprint density at radius 2 is 2.21 bits per heavy atom. The zero-order chi connectivity index (χ0) is 10.1. The topological polar surface area (TPSA) is 20.2 Å². The van der Waals surface area contributed by atoms with Crippen molar-refractivity contribution in [1.82, 2.24) is 0 Å². The van der Waals surface area contributed by atoms with Gasteiger partial charge in [0.25, 0.3) is 0 Å². The summed E-state index contributed by atoms with van der Waals surface area (Å²) < 4.78 is 1.12. The minimum Gasteiger partial charge on any atom is -0.506 e. The van der Waals surface area contributed by atoms with Gasteiger partial charge in [-0.25, -0.2) is 0 Å². The Morgan fingerprint density at radius 3 is 2.86 bits per heavy atom. The molecule has 1 aromatic carbocycles. The molecule has 0 aliphatic rings. The number of hydrogen-bond acceptors (Lipinski definition) is 2. The Labute approximate surface area is 91.9 Å². The second kappa shape index (κ2) is 3.79. The third kappa shape index (κ3) is 1.39. The molecule has 74 valence electrons. The molecule has 1 heterocycles. The summed E-state index contributed by atoms with van der Waals surface area (Å²) in [5.74, 6) is 0.875. The van der Waals surface area contributed by atoms with Crippen LogP contribution in [0.5, 0.6) is 5.75 Å². The van der Waals surface area contributed by atoms with E-state index in [0.717, 1.165) is 22.1 Å². The fourth-order valence-corrected chi connectivity index (χ4v) is 3.05. The fourth-order valence-electron chi connectivity index (χ4n) is 1.66. The maximum absolute atomic E-state index is 9.56. The van der Waals surface area contributed by atoms with Gasteiger partial charge < -0.3 is 5.11 Å². The van der Waals surface area contributed by atoms with E-state index in [-0.39, 0.29) is 0 Å². The second-order valence-corrected chi connectivity index (χ2v) is 4.33. The molecular weight excluding hydrogens is 216 g/mol. The highest BCUT2D eigenvalue weighted by Gasteiger charge is 2.09. The number of hydrogen-bond donors (Lipinski definition) is 1. The molecule has 0 saturated heterocycles. The molecule has 2 aromatic rings. The molecule has 0 aliphatic carbocycles. The number of aromatic hydroxyl groups is 1. The number of halogens is 1. The molecule has 1 aromatic heterocycles. The molecule has 0 atom stereocenters. The van der Waals surface area contributed by atoms with Gasteiger partial charge in [-0.05, 0) is 23.6 Å². The number of fused-ring (bicyclic) bond motifs is 1. The Morgan fingerprint density at radius 1 is 1.43 bits per heavy atom. The first kappa shape index (κ1) is 9.81. The summed E-state index contributed by atoms with van der Waals surface area (Å²) in [5, 5.41) is 12.2. The predicted molar refractivity (Wildman–Crippen MR) is 62.4 cm³/mol. The van der Waals surface area contributed by atoms with Crippen LogP contribution in [-0.4, -0.2) is 5.11 Å². The van der Waals surface area contributed by atoms with Crippen LogP contribution >= 0.6 is 22.9 Å². The van der Waals surface area contributed by atoms with Crippen LogP contribution in [0.15, 0.2) is 17.5 Å². The van der Waals surface area contributed by atoms with Crippen LogP contribution in [0.1, 0.15) is 18.1 Å². The number of thiophene rings is 1. The van der Waals surface area contributed by atoms with Crippen LogP contribution in [0.25, 0.3) is 10.1 Å². The number of rotatable bonds is 2.